The molecule has 4 rings (SSSR count). The molecule has 1 aliphatic carbocycles. The van der Waals surface area contributed by atoms with E-state index < -0.39 is 11.8 Å². The summed E-state index contributed by atoms with van der Waals surface area (Å²) >= 11 is 0. The number of benzene rings is 1. The second-order valence-corrected chi connectivity index (χ2v) is 9.73. The molecule has 2 unspecified atom stereocenters. The zero-order chi connectivity index (χ0) is 25.9. The van der Waals surface area contributed by atoms with Gasteiger partial charge < -0.3 is 24.8 Å². The number of amides is 2. The number of aliphatic hydroxyl groups is 1. The fourth-order valence-electron chi connectivity index (χ4n) is 5.18. The average Bonchev–Trinajstić information content (AvgIpc) is 3.54. The number of aliphatic hydroxyl groups excluding tert-OH is 1. The molecule has 36 heavy (non-hydrogen) atoms. The van der Waals surface area contributed by atoms with Gasteiger partial charge in [-0.3, -0.25) is 19.6 Å². The van der Waals surface area contributed by atoms with Gasteiger partial charge in [0.1, 0.15) is 23.2 Å². The molecule has 10 nitrogen and oxygen atoms in total. The number of ether oxygens (including phenoxy) is 2. The summed E-state index contributed by atoms with van der Waals surface area (Å²) in [7, 11) is 3.13. The molecule has 2 atom stereocenters. The Morgan fingerprint density at radius 3 is 2.69 bits per heavy atom. The lowest BCUT2D eigenvalue weighted by Gasteiger charge is -2.43. The van der Waals surface area contributed by atoms with Gasteiger partial charge in [-0.1, -0.05) is 31.9 Å². The number of aromatic nitrogens is 2. The molecule has 2 aromatic rings. The van der Waals surface area contributed by atoms with Crippen LogP contribution in [0.15, 0.2) is 24.3 Å². The number of methoxy groups -OCH3 is 2. The minimum atomic E-state index is -1.12. The van der Waals surface area contributed by atoms with Gasteiger partial charge in [-0.05, 0) is 38.3 Å². The number of carbonyl (C=O) groups is 2. The normalized spacial score (nSPS) is 20.8. The first-order valence-corrected chi connectivity index (χ1v) is 12.6. The van der Waals surface area contributed by atoms with Crippen LogP contribution in [0.5, 0.6) is 11.5 Å². The zero-order valence-electron chi connectivity index (χ0n) is 21.5. The maximum atomic E-state index is 13.5. The third kappa shape index (κ3) is 4.92. The van der Waals surface area contributed by atoms with Gasteiger partial charge in [-0.15, -0.1) is 0 Å². The van der Waals surface area contributed by atoms with Crippen molar-refractivity contribution in [3.05, 3.63) is 41.2 Å². The van der Waals surface area contributed by atoms with Crippen molar-refractivity contribution in [2.75, 3.05) is 20.8 Å². The van der Waals surface area contributed by atoms with Gasteiger partial charge in [0.2, 0.25) is 5.91 Å². The second kappa shape index (κ2) is 10.9. The van der Waals surface area contributed by atoms with Gasteiger partial charge in [0, 0.05) is 24.7 Å². The molecule has 0 radical (unpaired) electrons. The summed E-state index contributed by atoms with van der Waals surface area (Å²) in [5.41, 5.74) is 0.431. The maximum absolute atomic E-state index is 13.5. The number of hydrogen-bond acceptors (Lipinski definition) is 7. The number of rotatable bonds is 10. The lowest BCUT2D eigenvalue weighted by molar-refractivity contribution is -0.133. The van der Waals surface area contributed by atoms with Crippen molar-refractivity contribution in [1.82, 2.24) is 25.3 Å². The second-order valence-electron chi connectivity index (χ2n) is 9.73. The van der Waals surface area contributed by atoms with E-state index in [1.165, 1.54) is 0 Å². The average molecular weight is 500 g/mol. The van der Waals surface area contributed by atoms with E-state index in [1.54, 1.807) is 42.9 Å². The van der Waals surface area contributed by atoms with Gasteiger partial charge >= 0.3 is 0 Å². The summed E-state index contributed by atoms with van der Waals surface area (Å²) in [6.45, 7) is 4.77. The van der Waals surface area contributed by atoms with Crippen molar-refractivity contribution < 1.29 is 24.2 Å². The zero-order valence-corrected chi connectivity index (χ0v) is 21.5. The van der Waals surface area contributed by atoms with Crippen LogP contribution in [0.4, 0.5) is 0 Å². The van der Waals surface area contributed by atoms with E-state index >= 15 is 0 Å². The van der Waals surface area contributed by atoms with E-state index in [0.29, 0.717) is 36.0 Å². The Balaban J connectivity index is 1.53. The van der Waals surface area contributed by atoms with Crippen molar-refractivity contribution in [2.24, 2.45) is 0 Å². The van der Waals surface area contributed by atoms with Crippen LogP contribution in [0.1, 0.15) is 73.9 Å². The summed E-state index contributed by atoms with van der Waals surface area (Å²) in [5, 5.41) is 21.5. The third-order valence-corrected chi connectivity index (χ3v) is 7.19. The van der Waals surface area contributed by atoms with Gasteiger partial charge in [0.15, 0.2) is 11.5 Å². The van der Waals surface area contributed by atoms with Crippen molar-refractivity contribution in [2.45, 2.75) is 76.8 Å². The molecule has 0 spiro atoms. The van der Waals surface area contributed by atoms with E-state index in [4.69, 9.17) is 9.47 Å². The lowest BCUT2D eigenvalue weighted by Crippen LogP contribution is -2.65. The first-order chi connectivity index (χ1) is 17.3. The predicted molar refractivity (Wildman–Crippen MR) is 134 cm³/mol. The van der Waals surface area contributed by atoms with E-state index in [2.05, 4.69) is 15.7 Å². The molecular weight excluding hydrogens is 462 g/mol. The number of hydrogen-bond donors (Lipinski definition) is 3. The molecule has 10 heteroatoms. The summed E-state index contributed by atoms with van der Waals surface area (Å²) in [5.74, 6) is 0.772. The Morgan fingerprint density at radius 2 is 2.03 bits per heavy atom. The molecule has 1 aromatic carbocycles. The van der Waals surface area contributed by atoms with Crippen LogP contribution in [0.3, 0.4) is 0 Å². The minimum absolute atomic E-state index is 0.150. The number of nitrogens with one attached hydrogen (secondary N) is 2. The third-order valence-electron chi connectivity index (χ3n) is 7.19. The Hall–Kier alpha value is -3.11. The standard InChI is InChI=1S/C26H37N5O5/c1-5-13-30-24(33)20-14-19(23(32)27-15-17-9-8-12-21(35-3)22(17)36-4)29-31(20)16-26(30,2)25(34)28-18-10-6-7-11-18/h8-9,12,14,18,23,27,32H,5-7,10-11,13,15-16H2,1-4H3,(H,28,34). The molecule has 1 saturated carbocycles. The first-order valence-electron chi connectivity index (χ1n) is 12.6. The SMILES string of the molecule is CCCN1C(=O)c2cc(C(O)NCc3cccc(OC)c3OC)nn2CC1(C)C(=O)NC1CCCC1. The Morgan fingerprint density at radius 1 is 1.28 bits per heavy atom. The van der Waals surface area contributed by atoms with E-state index in [1.807, 2.05) is 19.1 Å². The van der Waals surface area contributed by atoms with Gasteiger partial charge in [0.05, 0.1) is 20.8 Å². The molecule has 0 bridgehead atoms. The number of para-hydroxylation sites is 1. The van der Waals surface area contributed by atoms with E-state index in [-0.39, 0.29) is 24.4 Å². The van der Waals surface area contributed by atoms with Crippen LogP contribution >= 0.6 is 0 Å². The van der Waals surface area contributed by atoms with Crippen LogP contribution in [0.25, 0.3) is 0 Å². The monoisotopic (exact) mass is 499 g/mol. The largest absolute Gasteiger partial charge is 0.493 e. The summed E-state index contributed by atoms with van der Waals surface area (Å²) in [4.78, 5) is 28.5. The minimum Gasteiger partial charge on any atom is -0.493 e. The Kier molecular flexibility index (Phi) is 7.85. The summed E-state index contributed by atoms with van der Waals surface area (Å²) in [6, 6.07) is 7.27. The molecular formula is C26H37N5O5. The van der Waals surface area contributed by atoms with Crippen LogP contribution in [0.2, 0.25) is 0 Å². The van der Waals surface area contributed by atoms with Crippen LogP contribution < -0.4 is 20.1 Å². The highest BCUT2D eigenvalue weighted by Gasteiger charge is 2.48. The molecule has 0 saturated heterocycles. The fourth-order valence-corrected chi connectivity index (χ4v) is 5.18. The number of carbonyl (C=O) groups excluding carboxylic acids is 2. The van der Waals surface area contributed by atoms with E-state index in [0.717, 1.165) is 37.7 Å². The van der Waals surface area contributed by atoms with Gasteiger partial charge in [0.25, 0.3) is 5.91 Å². The molecule has 1 aromatic heterocycles. The lowest BCUT2D eigenvalue weighted by atomic mass is 9.94. The summed E-state index contributed by atoms with van der Waals surface area (Å²) in [6.07, 6.45) is 3.76. The predicted octanol–water partition coefficient (Wildman–Crippen LogP) is 2.36. The van der Waals surface area contributed by atoms with Crippen molar-refractivity contribution in [3.8, 4) is 11.5 Å². The summed E-state index contributed by atoms with van der Waals surface area (Å²) < 4.78 is 12.3. The van der Waals surface area contributed by atoms with Gasteiger partial charge in [-0.2, -0.15) is 5.10 Å². The molecule has 2 aliphatic rings. The quantitative estimate of drug-likeness (QED) is 0.430. The van der Waals surface area contributed by atoms with E-state index in [9.17, 15) is 14.7 Å². The van der Waals surface area contributed by atoms with Crippen LogP contribution in [0, 0.1) is 0 Å². The molecule has 1 fully saturated rings. The molecule has 3 N–H and O–H groups in total. The maximum Gasteiger partial charge on any atom is 0.273 e. The topological polar surface area (TPSA) is 118 Å². The van der Waals surface area contributed by atoms with Crippen molar-refractivity contribution in [1.29, 1.82) is 0 Å². The van der Waals surface area contributed by atoms with Crippen molar-refractivity contribution >= 4 is 11.8 Å². The highest BCUT2D eigenvalue weighted by atomic mass is 16.5. The highest BCUT2D eigenvalue weighted by Crippen LogP contribution is 2.32. The number of nitrogens with zero attached hydrogens (tertiary/aromatic N) is 3. The van der Waals surface area contributed by atoms with Gasteiger partial charge in [-0.25, -0.2) is 0 Å². The Bertz CT molecular complexity index is 1100. The fraction of sp³-hybridized carbons (Fsp3) is 0.577. The van der Waals surface area contributed by atoms with Crippen LogP contribution in [-0.2, 0) is 17.9 Å². The molecule has 2 heterocycles. The molecule has 196 valence electrons. The molecule has 1 aliphatic heterocycles. The smallest absolute Gasteiger partial charge is 0.273 e. The Labute approximate surface area is 211 Å². The highest BCUT2D eigenvalue weighted by molar-refractivity contribution is 5.99. The number of fused-ring (bicyclic) bond motifs is 1. The van der Waals surface area contributed by atoms with Crippen LogP contribution in [-0.4, -0.2) is 63.9 Å². The molecule has 2 amide bonds. The first kappa shape index (κ1) is 26.0. The van der Waals surface area contributed by atoms with Crippen molar-refractivity contribution in [3.63, 3.8) is 0 Å².